The van der Waals surface area contributed by atoms with Gasteiger partial charge in [0.15, 0.2) is 0 Å². The molecule has 2 rings (SSSR count). The summed E-state index contributed by atoms with van der Waals surface area (Å²) in [5.41, 5.74) is 2.82. The Balaban J connectivity index is 0.00000200. The molecule has 4 heteroatoms. The van der Waals surface area contributed by atoms with E-state index in [4.69, 9.17) is 0 Å². The molecule has 0 aliphatic rings. The van der Waals surface area contributed by atoms with Gasteiger partial charge in [0.25, 0.3) is 0 Å². The smallest absolute Gasteiger partial charge is 0.147 e. The predicted molar refractivity (Wildman–Crippen MR) is 83.1 cm³/mol. The molecule has 0 saturated heterocycles. The van der Waals surface area contributed by atoms with Gasteiger partial charge in [0, 0.05) is 0 Å². The topological polar surface area (TPSA) is 6.48 Å². The maximum Gasteiger partial charge on any atom is -0.147 e. The Hall–Kier alpha value is 0.000649. The molecular weight excluding hydrogens is 400 g/mol. The van der Waals surface area contributed by atoms with Crippen LogP contribution in [0.25, 0.3) is 0 Å². The molecule has 2 nitrogen and oxygen atoms in total. The van der Waals surface area contributed by atoms with Crippen LogP contribution in [0.15, 0.2) is 60.7 Å². The first-order valence-electron chi connectivity index (χ1n) is 6.50. The van der Waals surface area contributed by atoms with Crippen LogP contribution in [0.3, 0.4) is 0 Å². The standard InChI is InChI=1S/2C8H10N.ClH.Nd/c2*1-9-7-8-5-3-2-4-6-8;;/h2*2-6H,7H2,1H3;1H;/q2*-1;;+2. The van der Waals surface area contributed by atoms with Crippen LogP contribution in [-0.2, 0) is 13.1 Å². The van der Waals surface area contributed by atoms with Crippen molar-refractivity contribution in [1.82, 2.24) is 1.97 Å². The molecule has 106 valence electrons. The van der Waals surface area contributed by atoms with Gasteiger partial charge in [-0.2, -0.15) is 0 Å². The minimum atomic E-state index is -0.890. The van der Waals surface area contributed by atoms with Crippen molar-refractivity contribution in [3.05, 3.63) is 71.8 Å². The van der Waals surface area contributed by atoms with Crippen molar-refractivity contribution in [1.29, 1.82) is 0 Å². The van der Waals surface area contributed by atoms with Crippen molar-refractivity contribution in [2.75, 3.05) is 14.1 Å². The Morgan fingerprint density at radius 3 is 1.40 bits per heavy atom. The zero-order chi connectivity index (χ0) is 13.5. The van der Waals surface area contributed by atoms with Crippen LogP contribution in [0.5, 0.6) is 0 Å². The molecule has 2 aromatic carbocycles. The molecule has 0 aromatic heterocycles. The van der Waals surface area contributed by atoms with E-state index in [1.807, 2.05) is 0 Å². The van der Waals surface area contributed by atoms with E-state index in [0.29, 0.717) is 0 Å². The van der Waals surface area contributed by atoms with Crippen LogP contribution >= 0.6 is 12.4 Å². The average molecular weight is 421 g/mol. The molecule has 0 fully saturated rings. The van der Waals surface area contributed by atoms with Crippen molar-refractivity contribution in [2.24, 2.45) is 0 Å². The fourth-order valence-electron chi connectivity index (χ4n) is 2.08. The zero-order valence-electron chi connectivity index (χ0n) is 12.0. The van der Waals surface area contributed by atoms with E-state index in [0.717, 1.165) is 13.1 Å². The van der Waals surface area contributed by atoms with Crippen molar-refractivity contribution < 1.29 is 37.5 Å². The minimum Gasteiger partial charge on any atom is -0.147 e. The van der Waals surface area contributed by atoms with E-state index in [1.165, 1.54) is 11.1 Å². The van der Waals surface area contributed by atoms with Crippen LogP contribution in [0.4, 0.5) is 0 Å². The van der Waals surface area contributed by atoms with Crippen molar-refractivity contribution >= 4 is 12.4 Å². The molecule has 0 amide bonds. The second kappa shape index (κ2) is 9.85. The largest absolute Gasteiger partial charge is 0.147 e. The first-order valence-corrected chi connectivity index (χ1v) is 9.37. The third-order valence-corrected chi connectivity index (χ3v) is 6.07. The molecule has 0 unspecified atom stereocenters. The van der Waals surface area contributed by atoms with E-state index < -0.39 is 37.5 Å². The molecule has 20 heavy (non-hydrogen) atoms. The van der Waals surface area contributed by atoms with Crippen LogP contribution in [-0.4, -0.2) is 16.1 Å². The van der Waals surface area contributed by atoms with Crippen molar-refractivity contribution in [3.63, 3.8) is 0 Å². The van der Waals surface area contributed by atoms with Gasteiger partial charge in [-0.1, -0.05) is 0 Å². The summed E-state index contributed by atoms with van der Waals surface area (Å²) in [7, 11) is 4.50. The number of hydrogen-bond acceptors (Lipinski definition) is 2. The third kappa shape index (κ3) is 6.64. The van der Waals surface area contributed by atoms with Gasteiger partial charge < -0.3 is 0 Å². The molecular formula is C16H21ClN2Nd. The molecule has 0 radical (unpaired) electrons. The maximum absolute atomic E-state index is 2.53. The Kier molecular flexibility index (Phi) is 8.89. The number of nitrogens with zero attached hydrogens (tertiary/aromatic N) is 2. The molecule has 2 aromatic rings. The average Bonchev–Trinajstić information content (AvgIpc) is 2.40. The van der Waals surface area contributed by atoms with Crippen molar-refractivity contribution in [2.45, 2.75) is 13.1 Å². The zero-order valence-corrected chi connectivity index (χ0v) is 16.0. The van der Waals surface area contributed by atoms with E-state index in [-0.39, 0.29) is 12.4 Å². The second-order valence-corrected chi connectivity index (χ2v) is 10.3. The molecule has 0 atom stereocenters. The number of benzene rings is 2. The summed E-state index contributed by atoms with van der Waals surface area (Å²) in [5.74, 6) is 0. The van der Waals surface area contributed by atoms with E-state index in [1.54, 1.807) is 0 Å². The first-order chi connectivity index (χ1) is 9.24. The molecule has 0 aliphatic carbocycles. The van der Waals surface area contributed by atoms with Gasteiger partial charge in [-0.25, -0.2) is 0 Å². The Morgan fingerprint density at radius 1 is 0.700 bits per heavy atom. The summed E-state index contributed by atoms with van der Waals surface area (Å²) in [6.07, 6.45) is 0. The van der Waals surface area contributed by atoms with Crippen molar-refractivity contribution in [3.8, 4) is 0 Å². The van der Waals surface area contributed by atoms with Crippen LogP contribution in [0.1, 0.15) is 11.1 Å². The van der Waals surface area contributed by atoms with Gasteiger partial charge in [-0.3, -0.25) is 0 Å². The summed E-state index contributed by atoms with van der Waals surface area (Å²) in [6.45, 7) is 2.15. The number of rotatable bonds is 6. The Morgan fingerprint density at radius 2 is 1.05 bits per heavy atom. The normalized spacial score (nSPS) is 10.4. The SMILES string of the molecule is C[N](Cc1ccccc1)[Nd][N](C)Cc1ccccc1.Cl. The van der Waals surface area contributed by atoms with Gasteiger partial charge in [0.1, 0.15) is 0 Å². The van der Waals surface area contributed by atoms with Gasteiger partial charge in [0.2, 0.25) is 0 Å². The molecule has 0 saturated carbocycles. The number of halogens is 1. The van der Waals surface area contributed by atoms with Gasteiger partial charge in [-0.15, -0.1) is 12.4 Å². The molecule has 0 bridgehead atoms. The van der Waals surface area contributed by atoms with E-state index in [9.17, 15) is 0 Å². The predicted octanol–water partition coefficient (Wildman–Crippen LogP) is 3.59. The van der Waals surface area contributed by atoms with Gasteiger partial charge in [-0.05, 0) is 0 Å². The summed E-state index contributed by atoms with van der Waals surface area (Å²) in [4.78, 5) is 0. The van der Waals surface area contributed by atoms with Crippen LogP contribution in [0, 0.1) is 37.5 Å². The van der Waals surface area contributed by atoms with E-state index in [2.05, 4.69) is 76.7 Å². The van der Waals surface area contributed by atoms with Crippen LogP contribution in [0.2, 0.25) is 0 Å². The van der Waals surface area contributed by atoms with Crippen LogP contribution < -0.4 is 0 Å². The summed E-state index contributed by atoms with van der Waals surface area (Å²) >= 11 is -0.890. The molecule has 0 N–H and O–H groups in total. The fourth-order valence-corrected chi connectivity index (χ4v) is 5.57. The number of hydrogen-bond donors (Lipinski definition) is 0. The summed E-state index contributed by atoms with van der Waals surface area (Å²) in [6, 6.07) is 21.4. The minimum absolute atomic E-state index is 0. The Labute approximate surface area is 149 Å². The van der Waals surface area contributed by atoms with Gasteiger partial charge >= 0.3 is 138 Å². The molecule has 0 spiro atoms. The Bertz CT molecular complexity index is 433. The maximum atomic E-state index is 2.53. The first kappa shape index (κ1) is 18.1. The quantitative estimate of drug-likeness (QED) is 0.704. The fraction of sp³-hybridized carbons (Fsp3) is 0.250. The third-order valence-electron chi connectivity index (χ3n) is 2.87. The molecule has 0 heterocycles. The van der Waals surface area contributed by atoms with E-state index >= 15 is 0 Å². The second-order valence-electron chi connectivity index (χ2n) is 4.78. The summed E-state index contributed by atoms with van der Waals surface area (Å²) < 4.78 is 5.05. The summed E-state index contributed by atoms with van der Waals surface area (Å²) in [5, 5.41) is 0. The monoisotopic (exact) mass is 418 g/mol. The molecule has 0 aliphatic heterocycles. The van der Waals surface area contributed by atoms with Gasteiger partial charge in [0.05, 0.1) is 0 Å².